The van der Waals surface area contributed by atoms with Crippen molar-refractivity contribution in [2.75, 3.05) is 0 Å². The van der Waals surface area contributed by atoms with Gasteiger partial charge in [0.05, 0.1) is 0 Å². The number of rotatable bonds is 7. The highest BCUT2D eigenvalue weighted by molar-refractivity contribution is 9.10. The molecule has 1 atom stereocenters. The third-order valence-electron chi connectivity index (χ3n) is 3.38. The molecule has 1 rings (SSSR count). The first kappa shape index (κ1) is 14.7. The van der Waals surface area contributed by atoms with Crippen molar-refractivity contribution < 1.29 is 4.39 Å². The van der Waals surface area contributed by atoms with E-state index < -0.39 is 0 Å². The Kier molecular flexibility index (Phi) is 6.79. The Labute approximate surface area is 113 Å². The van der Waals surface area contributed by atoms with E-state index in [-0.39, 0.29) is 5.82 Å². The largest absolute Gasteiger partial charge is 0.207 e. The summed E-state index contributed by atoms with van der Waals surface area (Å²) in [5.74, 6) is 0.669. The molecule has 0 fully saturated rings. The van der Waals surface area contributed by atoms with Gasteiger partial charge >= 0.3 is 0 Å². The highest BCUT2D eigenvalue weighted by Gasteiger charge is 2.08. The van der Waals surface area contributed by atoms with Crippen molar-refractivity contribution in [1.29, 1.82) is 0 Å². The molecule has 96 valence electrons. The molecule has 0 aliphatic carbocycles. The molecule has 0 bridgehead atoms. The van der Waals surface area contributed by atoms with Crippen LogP contribution >= 0.6 is 15.9 Å². The van der Waals surface area contributed by atoms with Crippen LogP contribution < -0.4 is 0 Å². The van der Waals surface area contributed by atoms with E-state index in [4.69, 9.17) is 0 Å². The van der Waals surface area contributed by atoms with Crippen LogP contribution in [0.2, 0.25) is 0 Å². The van der Waals surface area contributed by atoms with Crippen molar-refractivity contribution in [3.05, 3.63) is 34.1 Å². The topological polar surface area (TPSA) is 0 Å². The van der Waals surface area contributed by atoms with Gasteiger partial charge in [0.2, 0.25) is 0 Å². The monoisotopic (exact) mass is 300 g/mol. The minimum absolute atomic E-state index is 0.0790. The molecule has 0 aliphatic heterocycles. The highest BCUT2D eigenvalue weighted by Crippen LogP contribution is 2.22. The van der Waals surface area contributed by atoms with Crippen LogP contribution in [0.5, 0.6) is 0 Å². The summed E-state index contributed by atoms with van der Waals surface area (Å²) in [4.78, 5) is 0. The quantitative estimate of drug-likeness (QED) is 0.602. The zero-order valence-corrected chi connectivity index (χ0v) is 12.4. The van der Waals surface area contributed by atoms with E-state index in [2.05, 4.69) is 29.8 Å². The number of hydrogen-bond acceptors (Lipinski definition) is 0. The first-order valence-corrected chi connectivity index (χ1v) is 7.40. The highest BCUT2D eigenvalue weighted by atomic mass is 79.9. The molecular weight excluding hydrogens is 279 g/mol. The van der Waals surface area contributed by atoms with Gasteiger partial charge in [0.15, 0.2) is 0 Å². The number of hydrogen-bond donors (Lipinski definition) is 0. The molecule has 1 aromatic rings. The maximum absolute atomic E-state index is 13.6. The molecule has 0 heterocycles. The second-order valence-corrected chi connectivity index (χ2v) is 5.61. The van der Waals surface area contributed by atoms with E-state index in [0.29, 0.717) is 0 Å². The molecule has 0 amide bonds. The Hall–Kier alpha value is -0.370. The van der Waals surface area contributed by atoms with Gasteiger partial charge in [-0.2, -0.15) is 0 Å². The van der Waals surface area contributed by atoms with Crippen molar-refractivity contribution >= 4 is 15.9 Å². The van der Waals surface area contributed by atoms with Crippen LogP contribution in [0.1, 0.15) is 51.5 Å². The average molecular weight is 301 g/mol. The number of benzene rings is 1. The molecule has 0 radical (unpaired) electrons. The first-order chi connectivity index (χ1) is 8.17. The molecule has 0 N–H and O–H groups in total. The van der Waals surface area contributed by atoms with E-state index in [1.54, 1.807) is 6.07 Å². The van der Waals surface area contributed by atoms with Crippen LogP contribution in [0.3, 0.4) is 0 Å². The van der Waals surface area contributed by atoms with Gasteiger partial charge in [-0.25, -0.2) is 4.39 Å². The molecule has 0 spiro atoms. The summed E-state index contributed by atoms with van der Waals surface area (Å²) in [6.07, 6.45) is 7.00. The van der Waals surface area contributed by atoms with Gasteiger partial charge < -0.3 is 0 Å². The van der Waals surface area contributed by atoms with E-state index in [1.807, 2.05) is 12.1 Å². The van der Waals surface area contributed by atoms with Crippen LogP contribution in [0.25, 0.3) is 0 Å². The van der Waals surface area contributed by atoms with E-state index in [1.165, 1.54) is 25.7 Å². The lowest BCUT2D eigenvalue weighted by Crippen LogP contribution is -2.02. The van der Waals surface area contributed by atoms with E-state index >= 15 is 0 Å². The van der Waals surface area contributed by atoms with Gasteiger partial charge in [0.1, 0.15) is 5.82 Å². The van der Waals surface area contributed by atoms with Gasteiger partial charge in [-0.05, 0) is 36.5 Å². The maximum Gasteiger partial charge on any atom is 0.127 e. The second kappa shape index (κ2) is 7.86. The van der Waals surface area contributed by atoms with Crippen LogP contribution in [0, 0.1) is 11.7 Å². The summed E-state index contributed by atoms with van der Waals surface area (Å²) >= 11 is 3.28. The number of aryl methyl sites for hydroxylation is 1. The van der Waals surface area contributed by atoms with E-state index in [0.717, 1.165) is 28.8 Å². The predicted molar refractivity (Wildman–Crippen MR) is 75.7 cm³/mol. The zero-order chi connectivity index (χ0) is 12.7. The third-order valence-corrected chi connectivity index (χ3v) is 3.87. The number of unbranched alkanes of at least 4 members (excludes halogenated alkanes) is 1. The van der Waals surface area contributed by atoms with Crippen LogP contribution in [-0.2, 0) is 6.42 Å². The van der Waals surface area contributed by atoms with Crippen LogP contribution in [0.4, 0.5) is 4.39 Å². The molecule has 1 aromatic carbocycles. The Morgan fingerprint density at radius 3 is 2.59 bits per heavy atom. The SMILES string of the molecule is CCCCC(CC)CCc1ccc(Br)cc1F. The molecule has 0 aliphatic rings. The Morgan fingerprint density at radius 1 is 1.24 bits per heavy atom. The van der Waals surface area contributed by atoms with Gasteiger partial charge in [-0.3, -0.25) is 0 Å². The van der Waals surface area contributed by atoms with Crippen molar-refractivity contribution in [3.8, 4) is 0 Å². The van der Waals surface area contributed by atoms with Crippen molar-refractivity contribution in [1.82, 2.24) is 0 Å². The maximum atomic E-state index is 13.6. The van der Waals surface area contributed by atoms with Gasteiger partial charge in [0.25, 0.3) is 0 Å². The molecule has 0 saturated heterocycles. The van der Waals surface area contributed by atoms with E-state index in [9.17, 15) is 4.39 Å². The smallest absolute Gasteiger partial charge is 0.127 e. The fourth-order valence-electron chi connectivity index (χ4n) is 2.13. The van der Waals surface area contributed by atoms with Crippen LogP contribution in [-0.4, -0.2) is 0 Å². The summed E-state index contributed by atoms with van der Waals surface area (Å²) in [7, 11) is 0. The lowest BCUT2D eigenvalue weighted by molar-refractivity contribution is 0.418. The lowest BCUT2D eigenvalue weighted by Gasteiger charge is -2.14. The Balaban J connectivity index is 2.47. The minimum Gasteiger partial charge on any atom is -0.207 e. The Morgan fingerprint density at radius 2 is 2.00 bits per heavy atom. The third kappa shape index (κ3) is 5.20. The molecule has 1 unspecified atom stereocenters. The normalized spacial score (nSPS) is 12.7. The molecule has 2 heteroatoms. The molecule has 0 saturated carbocycles. The first-order valence-electron chi connectivity index (χ1n) is 6.61. The summed E-state index contributed by atoms with van der Waals surface area (Å²) in [6.45, 7) is 4.46. The molecular formula is C15H22BrF. The minimum atomic E-state index is -0.0790. The summed E-state index contributed by atoms with van der Waals surface area (Å²) < 4.78 is 14.4. The lowest BCUT2D eigenvalue weighted by atomic mass is 9.92. The van der Waals surface area contributed by atoms with Crippen molar-refractivity contribution in [2.45, 2.75) is 52.4 Å². The zero-order valence-electron chi connectivity index (χ0n) is 10.8. The average Bonchev–Trinajstić information content (AvgIpc) is 2.31. The predicted octanol–water partition coefficient (Wildman–Crippen LogP) is 5.74. The fourth-order valence-corrected chi connectivity index (χ4v) is 2.46. The summed E-state index contributed by atoms with van der Waals surface area (Å²) in [5, 5.41) is 0. The molecule has 0 aromatic heterocycles. The second-order valence-electron chi connectivity index (χ2n) is 4.69. The van der Waals surface area contributed by atoms with Crippen LogP contribution in [0.15, 0.2) is 22.7 Å². The molecule has 0 nitrogen and oxygen atoms in total. The van der Waals surface area contributed by atoms with Gasteiger partial charge in [-0.1, -0.05) is 61.5 Å². The summed E-state index contributed by atoms with van der Waals surface area (Å²) in [5.41, 5.74) is 0.850. The van der Waals surface area contributed by atoms with Crippen molar-refractivity contribution in [3.63, 3.8) is 0 Å². The van der Waals surface area contributed by atoms with Gasteiger partial charge in [0, 0.05) is 4.47 Å². The molecule has 17 heavy (non-hydrogen) atoms. The van der Waals surface area contributed by atoms with Gasteiger partial charge in [-0.15, -0.1) is 0 Å². The van der Waals surface area contributed by atoms with Crippen molar-refractivity contribution in [2.24, 2.45) is 5.92 Å². The summed E-state index contributed by atoms with van der Waals surface area (Å²) in [6, 6.07) is 5.37. The standard InChI is InChI=1S/C15H22BrF/c1-3-5-6-12(4-2)7-8-13-9-10-14(16)11-15(13)17/h9-12H,3-8H2,1-2H3. The number of halogens is 2. The Bertz CT molecular complexity index is 336. The fraction of sp³-hybridized carbons (Fsp3) is 0.600.